The number of benzene rings is 1. The summed E-state index contributed by atoms with van der Waals surface area (Å²) in [5.41, 5.74) is 0.788. The molecule has 18 heavy (non-hydrogen) atoms. The molecule has 0 amide bonds. The zero-order valence-corrected chi connectivity index (χ0v) is 10.5. The molecule has 0 aromatic heterocycles. The monoisotopic (exact) mass is 249 g/mol. The summed E-state index contributed by atoms with van der Waals surface area (Å²) in [6.07, 6.45) is 0.995. The minimum atomic E-state index is -0.841. The molecule has 1 fully saturated rings. The van der Waals surface area contributed by atoms with Crippen molar-refractivity contribution in [1.29, 1.82) is 0 Å². The lowest BCUT2D eigenvalue weighted by molar-refractivity contribution is -0.140. The van der Waals surface area contributed by atoms with E-state index in [0.717, 1.165) is 25.2 Å². The third kappa shape index (κ3) is 3.09. The molecule has 4 heteroatoms. The van der Waals surface area contributed by atoms with Crippen molar-refractivity contribution >= 4 is 5.97 Å². The number of hydrogen-bond donors (Lipinski definition) is 2. The molecule has 98 valence electrons. The van der Waals surface area contributed by atoms with Crippen LogP contribution < -0.4 is 5.32 Å². The molecule has 3 atom stereocenters. The van der Waals surface area contributed by atoms with Gasteiger partial charge in [-0.3, -0.25) is 10.1 Å². The summed E-state index contributed by atoms with van der Waals surface area (Å²) in [7, 11) is 0. The lowest BCUT2D eigenvalue weighted by Gasteiger charge is -2.24. The lowest BCUT2D eigenvalue weighted by atomic mass is 9.98. The highest BCUT2D eigenvalue weighted by molar-refractivity contribution is 5.75. The van der Waals surface area contributed by atoms with Gasteiger partial charge in [0, 0.05) is 12.6 Å². The largest absolute Gasteiger partial charge is 0.480 e. The standard InChI is InChI=1S/C14H19NO3/c1-10(12-7-8-18-9-12)15-13(14(16)17)11-5-3-2-4-6-11/h2-6,10,12-13,15H,7-9H2,1H3,(H,16,17). The van der Waals surface area contributed by atoms with Crippen LogP contribution in [0.15, 0.2) is 30.3 Å². The van der Waals surface area contributed by atoms with Gasteiger partial charge in [-0.25, -0.2) is 0 Å². The molecule has 2 N–H and O–H groups in total. The first-order chi connectivity index (χ1) is 8.68. The molecule has 2 rings (SSSR count). The Labute approximate surface area is 107 Å². The molecular formula is C14H19NO3. The van der Waals surface area contributed by atoms with Gasteiger partial charge >= 0.3 is 5.97 Å². The first-order valence-corrected chi connectivity index (χ1v) is 6.30. The molecule has 1 aliphatic heterocycles. The van der Waals surface area contributed by atoms with Crippen molar-refractivity contribution in [3.05, 3.63) is 35.9 Å². The number of hydrogen-bond acceptors (Lipinski definition) is 3. The van der Waals surface area contributed by atoms with E-state index in [4.69, 9.17) is 4.74 Å². The van der Waals surface area contributed by atoms with Gasteiger partial charge in [-0.1, -0.05) is 30.3 Å². The molecule has 0 aliphatic carbocycles. The van der Waals surface area contributed by atoms with Crippen LogP contribution in [-0.4, -0.2) is 30.3 Å². The molecule has 1 heterocycles. The fraction of sp³-hybridized carbons (Fsp3) is 0.500. The Kier molecular flexibility index (Phi) is 4.33. The van der Waals surface area contributed by atoms with E-state index < -0.39 is 12.0 Å². The molecular weight excluding hydrogens is 230 g/mol. The molecule has 4 nitrogen and oxygen atoms in total. The SMILES string of the molecule is CC(NC(C(=O)O)c1ccccc1)C1CCOC1. The number of aliphatic carboxylic acids is 1. The Bertz CT molecular complexity index is 387. The third-order valence-electron chi connectivity index (χ3n) is 3.48. The van der Waals surface area contributed by atoms with Crippen LogP contribution in [0.3, 0.4) is 0 Å². The summed E-state index contributed by atoms with van der Waals surface area (Å²) in [6, 6.07) is 8.76. The van der Waals surface area contributed by atoms with Gasteiger partial charge in [-0.05, 0) is 24.8 Å². The third-order valence-corrected chi connectivity index (χ3v) is 3.48. The number of ether oxygens (including phenoxy) is 1. The first-order valence-electron chi connectivity index (χ1n) is 6.30. The van der Waals surface area contributed by atoms with Gasteiger partial charge in [0.05, 0.1) is 6.61 Å². The van der Waals surface area contributed by atoms with E-state index in [1.54, 1.807) is 0 Å². The van der Waals surface area contributed by atoms with E-state index in [1.807, 2.05) is 37.3 Å². The second kappa shape index (κ2) is 5.98. The van der Waals surface area contributed by atoms with Gasteiger partial charge in [-0.2, -0.15) is 0 Å². The number of rotatable bonds is 5. The van der Waals surface area contributed by atoms with Crippen LogP contribution in [0.1, 0.15) is 24.9 Å². The van der Waals surface area contributed by atoms with Gasteiger partial charge in [-0.15, -0.1) is 0 Å². The van der Waals surface area contributed by atoms with Gasteiger partial charge in [0.15, 0.2) is 0 Å². The summed E-state index contributed by atoms with van der Waals surface area (Å²) in [5, 5.41) is 12.5. The number of carbonyl (C=O) groups is 1. The molecule has 1 aromatic rings. The summed E-state index contributed by atoms with van der Waals surface area (Å²) >= 11 is 0. The summed E-state index contributed by atoms with van der Waals surface area (Å²) in [4.78, 5) is 11.4. The topological polar surface area (TPSA) is 58.6 Å². The quantitative estimate of drug-likeness (QED) is 0.835. The van der Waals surface area contributed by atoms with Gasteiger partial charge in [0.2, 0.25) is 0 Å². The van der Waals surface area contributed by atoms with E-state index in [1.165, 1.54) is 0 Å². The maximum absolute atomic E-state index is 11.4. The Morgan fingerprint density at radius 2 is 2.17 bits per heavy atom. The normalized spacial score (nSPS) is 22.6. The van der Waals surface area contributed by atoms with E-state index in [2.05, 4.69) is 5.32 Å². The lowest BCUT2D eigenvalue weighted by Crippen LogP contribution is -2.40. The fourth-order valence-electron chi connectivity index (χ4n) is 2.30. The van der Waals surface area contributed by atoms with E-state index in [0.29, 0.717) is 5.92 Å². The first kappa shape index (κ1) is 13.1. The van der Waals surface area contributed by atoms with Crippen LogP contribution in [-0.2, 0) is 9.53 Å². The van der Waals surface area contributed by atoms with Gasteiger partial charge in [0.1, 0.15) is 6.04 Å². The average Bonchev–Trinajstić information content (AvgIpc) is 2.90. The maximum Gasteiger partial charge on any atom is 0.325 e. The Morgan fingerprint density at radius 1 is 1.44 bits per heavy atom. The molecule has 1 aliphatic rings. The zero-order chi connectivity index (χ0) is 13.0. The number of carboxylic acids is 1. The molecule has 0 radical (unpaired) electrons. The molecule has 0 saturated carbocycles. The second-order valence-electron chi connectivity index (χ2n) is 4.76. The molecule has 0 spiro atoms. The van der Waals surface area contributed by atoms with Crippen molar-refractivity contribution in [1.82, 2.24) is 5.32 Å². The van der Waals surface area contributed by atoms with Crippen LogP contribution in [0.2, 0.25) is 0 Å². The second-order valence-corrected chi connectivity index (χ2v) is 4.76. The summed E-state index contributed by atoms with van der Waals surface area (Å²) in [5.74, 6) is -0.442. The summed E-state index contributed by atoms with van der Waals surface area (Å²) in [6.45, 7) is 3.52. The van der Waals surface area contributed by atoms with Gasteiger partial charge in [0.25, 0.3) is 0 Å². The highest BCUT2D eigenvalue weighted by Gasteiger charge is 2.27. The fourth-order valence-corrected chi connectivity index (χ4v) is 2.30. The predicted octanol–water partition coefficient (Wildman–Crippen LogP) is 1.83. The molecule has 0 bridgehead atoms. The minimum absolute atomic E-state index is 0.133. The van der Waals surface area contributed by atoms with Crippen molar-refractivity contribution < 1.29 is 14.6 Å². The number of nitrogens with one attached hydrogen (secondary N) is 1. The molecule has 1 aromatic carbocycles. The highest BCUT2D eigenvalue weighted by Crippen LogP contribution is 2.20. The van der Waals surface area contributed by atoms with Crippen molar-refractivity contribution in [3.63, 3.8) is 0 Å². The Hall–Kier alpha value is -1.39. The summed E-state index contributed by atoms with van der Waals surface area (Å²) < 4.78 is 5.34. The van der Waals surface area contributed by atoms with Crippen LogP contribution in [0.4, 0.5) is 0 Å². The van der Waals surface area contributed by atoms with Crippen LogP contribution >= 0.6 is 0 Å². The van der Waals surface area contributed by atoms with Crippen LogP contribution in [0.25, 0.3) is 0 Å². The zero-order valence-electron chi connectivity index (χ0n) is 10.5. The average molecular weight is 249 g/mol. The Morgan fingerprint density at radius 3 is 2.72 bits per heavy atom. The predicted molar refractivity (Wildman–Crippen MR) is 68.3 cm³/mol. The van der Waals surface area contributed by atoms with Crippen LogP contribution in [0, 0.1) is 5.92 Å². The maximum atomic E-state index is 11.4. The van der Waals surface area contributed by atoms with Crippen molar-refractivity contribution in [3.8, 4) is 0 Å². The van der Waals surface area contributed by atoms with Crippen molar-refractivity contribution in [2.45, 2.75) is 25.4 Å². The van der Waals surface area contributed by atoms with Crippen molar-refractivity contribution in [2.75, 3.05) is 13.2 Å². The van der Waals surface area contributed by atoms with Gasteiger partial charge < -0.3 is 9.84 Å². The highest BCUT2D eigenvalue weighted by atomic mass is 16.5. The minimum Gasteiger partial charge on any atom is -0.480 e. The van der Waals surface area contributed by atoms with E-state index in [9.17, 15) is 9.90 Å². The van der Waals surface area contributed by atoms with E-state index >= 15 is 0 Å². The smallest absolute Gasteiger partial charge is 0.325 e. The van der Waals surface area contributed by atoms with Crippen LogP contribution in [0.5, 0.6) is 0 Å². The van der Waals surface area contributed by atoms with E-state index in [-0.39, 0.29) is 6.04 Å². The molecule has 1 saturated heterocycles. The number of carboxylic acid groups (broad SMARTS) is 1. The van der Waals surface area contributed by atoms with Crippen molar-refractivity contribution in [2.24, 2.45) is 5.92 Å². The Balaban J connectivity index is 2.04. The molecule has 3 unspecified atom stereocenters.